The first-order valence-electron chi connectivity index (χ1n) is 9.83. The Kier molecular flexibility index (Phi) is 1.82. The average molecular weight is 296 g/mol. The highest BCUT2D eigenvalue weighted by molar-refractivity contribution is 6.03. The SMILES string of the molecule is O=C1[C@@H]2[C@H](C(=O)[C@H]3[C@@H]1[C@@H]1[C@H]4CC[C@H](C4)[C@H]31)[C@H]1[C@@H]3CC[C@@H](C3)[C@@H]21. The van der Waals surface area contributed by atoms with E-state index in [9.17, 15) is 9.59 Å². The second-order valence-corrected chi connectivity index (χ2v) is 9.88. The van der Waals surface area contributed by atoms with Crippen LogP contribution >= 0.6 is 0 Å². The van der Waals surface area contributed by atoms with Crippen molar-refractivity contribution in [2.24, 2.45) is 71.0 Å². The summed E-state index contributed by atoms with van der Waals surface area (Å²) < 4.78 is 0. The number of Topliss-reactive ketones (excluding diaryl/α,β-unsaturated/α-hetero) is 2. The molecule has 0 aromatic rings. The van der Waals surface area contributed by atoms with Crippen LogP contribution in [-0.2, 0) is 9.59 Å². The number of hydrogen-bond acceptors (Lipinski definition) is 2. The van der Waals surface area contributed by atoms with Crippen molar-refractivity contribution in [3.63, 3.8) is 0 Å². The van der Waals surface area contributed by atoms with Gasteiger partial charge in [0, 0.05) is 23.7 Å². The Balaban J connectivity index is 1.31. The molecule has 116 valence electrons. The molecule has 0 aromatic heterocycles. The number of fused-ring (bicyclic) bond motifs is 16. The topological polar surface area (TPSA) is 34.1 Å². The highest BCUT2D eigenvalue weighted by Crippen LogP contribution is 2.75. The lowest BCUT2D eigenvalue weighted by atomic mass is 9.37. The van der Waals surface area contributed by atoms with E-state index in [-0.39, 0.29) is 23.7 Å². The van der Waals surface area contributed by atoms with Gasteiger partial charge in [-0.15, -0.1) is 0 Å². The molecule has 0 saturated heterocycles. The Morgan fingerprint density at radius 3 is 1.05 bits per heavy atom. The number of hydrogen-bond donors (Lipinski definition) is 0. The molecule has 0 unspecified atom stereocenters. The van der Waals surface area contributed by atoms with Gasteiger partial charge in [0.2, 0.25) is 0 Å². The van der Waals surface area contributed by atoms with Gasteiger partial charge in [-0.3, -0.25) is 9.59 Å². The minimum Gasteiger partial charge on any atom is -0.299 e. The van der Waals surface area contributed by atoms with Crippen molar-refractivity contribution in [1.82, 2.24) is 0 Å². The number of carbonyl (C=O) groups is 2. The summed E-state index contributed by atoms with van der Waals surface area (Å²) >= 11 is 0. The Labute approximate surface area is 131 Å². The van der Waals surface area contributed by atoms with E-state index in [1.54, 1.807) is 0 Å². The van der Waals surface area contributed by atoms with Crippen LogP contribution < -0.4 is 0 Å². The summed E-state index contributed by atoms with van der Waals surface area (Å²) in [5.74, 6) is 7.69. The van der Waals surface area contributed by atoms with Gasteiger partial charge in [0.25, 0.3) is 0 Å². The molecule has 7 aliphatic rings. The van der Waals surface area contributed by atoms with E-state index < -0.39 is 0 Å². The molecule has 0 aromatic carbocycles. The van der Waals surface area contributed by atoms with Gasteiger partial charge < -0.3 is 0 Å². The van der Waals surface area contributed by atoms with Crippen LogP contribution in [0.5, 0.6) is 0 Å². The summed E-state index contributed by atoms with van der Waals surface area (Å²) in [6, 6.07) is 0. The van der Waals surface area contributed by atoms with Gasteiger partial charge in [-0.1, -0.05) is 0 Å². The quantitative estimate of drug-likeness (QED) is 0.689. The first-order chi connectivity index (χ1) is 10.8. The fraction of sp³-hybridized carbons (Fsp3) is 0.900. The highest BCUT2D eigenvalue weighted by Gasteiger charge is 2.76. The van der Waals surface area contributed by atoms with E-state index >= 15 is 0 Å². The zero-order valence-electron chi connectivity index (χ0n) is 13.0. The lowest BCUT2D eigenvalue weighted by Gasteiger charge is -2.64. The van der Waals surface area contributed by atoms with Crippen molar-refractivity contribution in [3.8, 4) is 0 Å². The van der Waals surface area contributed by atoms with Crippen LogP contribution in [0.1, 0.15) is 38.5 Å². The van der Waals surface area contributed by atoms with E-state index in [2.05, 4.69) is 0 Å². The molecule has 0 aliphatic heterocycles. The molecule has 0 amide bonds. The standard InChI is InChI=1S/C20H24O2/c21-19-15-11-7-1-2-8(5-7)12(11)16(15)20(22)18-14-10-4-3-9(6-10)13(14)17(18)19/h7-18H,1-6H2/t7-,8+,9-,10+,11+,12-,13+,14-,15-,16+,17-,18+. The molecular formula is C20H24O2. The van der Waals surface area contributed by atoms with Crippen molar-refractivity contribution >= 4 is 11.6 Å². The molecule has 7 saturated carbocycles. The number of ketones is 2. The van der Waals surface area contributed by atoms with Crippen molar-refractivity contribution in [2.75, 3.05) is 0 Å². The van der Waals surface area contributed by atoms with Gasteiger partial charge in [-0.2, -0.15) is 0 Å². The zero-order chi connectivity index (χ0) is 14.3. The van der Waals surface area contributed by atoms with Gasteiger partial charge in [-0.25, -0.2) is 0 Å². The maximum Gasteiger partial charge on any atom is 0.141 e. The smallest absolute Gasteiger partial charge is 0.141 e. The summed E-state index contributed by atoms with van der Waals surface area (Å²) in [6.07, 6.45) is 8.08. The van der Waals surface area contributed by atoms with E-state index in [4.69, 9.17) is 0 Å². The van der Waals surface area contributed by atoms with Gasteiger partial charge in [0.1, 0.15) is 11.6 Å². The predicted molar refractivity (Wildman–Crippen MR) is 79.6 cm³/mol. The Hall–Kier alpha value is -0.660. The molecule has 0 heterocycles. The van der Waals surface area contributed by atoms with Crippen LogP contribution in [0.25, 0.3) is 0 Å². The summed E-state index contributed by atoms with van der Waals surface area (Å²) in [6.45, 7) is 0. The molecule has 4 bridgehead atoms. The summed E-state index contributed by atoms with van der Waals surface area (Å²) in [4.78, 5) is 26.6. The molecule has 7 aliphatic carbocycles. The predicted octanol–water partition coefficient (Wildman–Crippen LogP) is 2.95. The molecule has 0 radical (unpaired) electrons. The van der Waals surface area contributed by atoms with Gasteiger partial charge >= 0.3 is 0 Å². The minimum atomic E-state index is 0.189. The molecule has 7 rings (SSSR count). The van der Waals surface area contributed by atoms with E-state index in [1.165, 1.54) is 38.5 Å². The maximum atomic E-state index is 13.3. The second-order valence-electron chi connectivity index (χ2n) is 9.88. The fourth-order valence-corrected chi connectivity index (χ4v) is 9.47. The van der Waals surface area contributed by atoms with E-state index in [0.29, 0.717) is 35.2 Å². The first kappa shape index (κ1) is 11.8. The number of rotatable bonds is 0. The fourth-order valence-electron chi connectivity index (χ4n) is 9.47. The lowest BCUT2D eigenvalue weighted by Crippen LogP contribution is -2.70. The summed E-state index contributed by atoms with van der Waals surface area (Å²) in [7, 11) is 0. The monoisotopic (exact) mass is 296 g/mol. The molecule has 2 nitrogen and oxygen atoms in total. The maximum absolute atomic E-state index is 13.3. The van der Waals surface area contributed by atoms with Crippen molar-refractivity contribution < 1.29 is 9.59 Å². The molecule has 2 heteroatoms. The molecule has 7 fully saturated rings. The van der Waals surface area contributed by atoms with Crippen LogP contribution in [-0.4, -0.2) is 11.6 Å². The zero-order valence-corrected chi connectivity index (χ0v) is 13.0. The first-order valence-corrected chi connectivity index (χ1v) is 9.83. The third kappa shape index (κ3) is 0.983. The van der Waals surface area contributed by atoms with E-state index in [0.717, 1.165) is 23.7 Å². The van der Waals surface area contributed by atoms with Crippen LogP contribution in [0.3, 0.4) is 0 Å². The van der Waals surface area contributed by atoms with Crippen LogP contribution in [0.15, 0.2) is 0 Å². The second kappa shape index (κ2) is 3.39. The highest BCUT2D eigenvalue weighted by atomic mass is 16.1. The molecular weight excluding hydrogens is 272 g/mol. The van der Waals surface area contributed by atoms with Crippen LogP contribution in [0, 0.1) is 71.0 Å². The third-order valence-corrected chi connectivity index (χ3v) is 9.84. The minimum absolute atomic E-state index is 0.189. The summed E-state index contributed by atoms with van der Waals surface area (Å²) in [5.41, 5.74) is 0. The number of carbonyl (C=O) groups excluding carboxylic acids is 2. The average Bonchev–Trinajstić information content (AvgIpc) is 3.14. The molecule has 12 atom stereocenters. The van der Waals surface area contributed by atoms with E-state index in [1.807, 2.05) is 0 Å². The van der Waals surface area contributed by atoms with Gasteiger partial charge in [-0.05, 0) is 85.9 Å². The Morgan fingerprint density at radius 2 is 0.773 bits per heavy atom. The largest absolute Gasteiger partial charge is 0.299 e. The summed E-state index contributed by atoms with van der Waals surface area (Å²) in [5, 5.41) is 0. The van der Waals surface area contributed by atoms with Gasteiger partial charge in [0.15, 0.2) is 0 Å². The van der Waals surface area contributed by atoms with Crippen molar-refractivity contribution in [3.05, 3.63) is 0 Å². The Morgan fingerprint density at radius 1 is 0.500 bits per heavy atom. The van der Waals surface area contributed by atoms with Gasteiger partial charge in [0.05, 0.1) is 0 Å². The van der Waals surface area contributed by atoms with Crippen LogP contribution in [0.2, 0.25) is 0 Å². The molecule has 22 heavy (non-hydrogen) atoms. The molecule has 0 N–H and O–H groups in total. The van der Waals surface area contributed by atoms with Crippen molar-refractivity contribution in [1.29, 1.82) is 0 Å². The Bertz CT molecular complexity index is 521. The lowest BCUT2D eigenvalue weighted by molar-refractivity contribution is -0.196. The van der Waals surface area contributed by atoms with Crippen molar-refractivity contribution in [2.45, 2.75) is 38.5 Å². The normalized spacial score (nSPS) is 68.9. The van der Waals surface area contributed by atoms with Crippen LogP contribution in [0.4, 0.5) is 0 Å². The third-order valence-electron chi connectivity index (χ3n) is 9.84. The molecule has 0 spiro atoms.